The maximum atomic E-state index is 11.1. The summed E-state index contributed by atoms with van der Waals surface area (Å²) in [5.41, 5.74) is 0. The van der Waals surface area contributed by atoms with Crippen molar-refractivity contribution in [3.63, 3.8) is 0 Å². The van der Waals surface area contributed by atoms with Crippen molar-refractivity contribution >= 4 is 15.1 Å². The van der Waals surface area contributed by atoms with E-state index in [-0.39, 0.29) is 12.5 Å². The molecule has 5 heteroatoms. The van der Waals surface area contributed by atoms with Gasteiger partial charge in [0, 0.05) is 19.0 Å². The molecule has 0 amide bonds. The number of hydrogen-bond donors (Lipinski definition) is 0. The van der Waals surface area contributed by atoms with Gasteiger partial charge >= 0.3 is 0 Å². The summed E-state index contributed by atoms with van der Waals surface area (Å²) in [6, 6.07) is -0.105. The van der Waals surface area contributed by atoms with Gasteiger partial charge in [-0.05, 0) is 13.8 Å². The number of carbonyl (C=O) groups is 1. The lowest BCUT2D eigenvalue weighted by Gasteiger charge is -2.16. The predicted molar refractivity (Wildman–Crippen MR) is 40.4 cm³/mol. The van der Waals surface area contributed by atoms with Gasteiger partial charge in [-0.15, -0.1) is 0 Å². The van der Waals surface area contributed by atoms with Gasteiger partial charge in [0.15, 0.2) is 0 Å². The van der Waals surface area contributed by atoms with Crippen molar-refractivity contribution < 1.29 is 13.2 Å². The summed E-state index contributed by atoms with van der Waals surface area (Å²) in [4.78, 5) is 10.8. The molecule has 0 saturated carbocycles. The summed E-state index contributed by atoms with van der Waals surface area (Å²) < 4.78 is 23.5. The first-order valence-electron chi connectivity index (χ1n) is 3.51. The van der Waals surface area contributed by atoms with E-state index in [9.17, 15) is 13.2 Å². The second-order valence-corrected chi connectivity index (χ2v) is 4.71. The minimum atomic E-state index is -3.57. The molecule has 1 heterocycles. The van der Waals surface area contributed by atoms with Crippen LogP contribution in [-0.4, -0.2) is 30.4 Å². The molecular formula is C6H11NO3S. The van der Waals surface area contributed by atoms with Crippen LogP contribution < -0.4 is 0 Å². The highest BCUT2D eigenvalue weighted by Crippen LogP contribution is 2.17. The number of hydrogen-bond acceptors (Lipinski definition) is 3. The fourth-order valence-electron chi connectivity index (χ4n) is 1.12. The van der Waals surface area contributed by atoms with Crippen LogP contribution >= 0.6 is 0 Å². The summed E-state index contributed by atoms with van der Waals surface area (Å²) in [5, 5.41) is -0.647. The Labute approximate surface area is 66.2 Å². The first kappa shape index (κ1) is 8.67. The van der Waals surface area contributed by atoms with Gasteiger partial charge in [-0.2, -0.15) is 4.31 Å². The normalized spacial score (nSPS) is 24.8. The van der Waals surface area contributed by atoms with Crippen molar-refractivity contribution in [1.82, 2.24) is 4.31 Å². The zero-order chi connectivity index (χ0) is 8.65. The SMILES string of the molecule is CC(C)N1CCC(=O)S1(=O)=O. The Hall–Kier alpha value is -0.420. The van der Waals surface area contributed by atoms with Gasteiger partial charge in [-0.25, -0.2) is 8.42 Å². The number of nitrogens with zero attached hydrogens (tertiary/aromatic N) is 1. The van der Waals surface area contributed by atoms with Crippen molar-refractivity contribution in [2.75, 3.05) is 6.54 Å². The van der Waals surface area contributed by atoms with Crippen LogP contribution in [-0.2, 0) is 14.8 Å². The van der Waals surface area contributed by atoms with E-state index >= 15 is 0 Å². The van der Waals surface area contributed by atoms with Gasteiger partial charge in [0.25, 0.3) is 15.1 Å². The zero-order valence-electron chi connectivity index (χ0n) is 6.57. The van der Waals surface area contributed by atoms with Crippen LogP contribution in [0.15, 0.2) is 0 Å². The highest BCUT2D eigenvalue weighted by molar-refractivity contribution is 8.04. The highest BCUT2D eigenvalue weighted by Gasteiger charge is 2.38. The summed E-state index contributed by atoms with van der Waals surface area (Å²) in [7, 11) is -3.57. The minimum Gasteiger partial charge on any atom is -0.280 e. The Balaban J connectivity index is 2.98. The van der Waals surface area contributed by atoms with Gasteiger partial charge in [0.1, 0.15) is 0 Å². The molecule has 0 radical (unpaired) electrons. The Bertz CT molecular complexity index is 268. The van der Waals surface area contributed by atoms with E-state index in [1.165, 1.54) is 4.31 Å². The molecule has 1 aliphatic rings. The quantitative estimate of drug-likeness (QED) is 0.564. The molecule has 0 aromatic heterocycles. The molecule has 0 atom stereocenters. The van der Waals surface area contributed by atoms with Gasteiger partial charge < -0.3 is 0 Å². The van der Waals surface area contributed by atoms with Gasteiger partial charge in [0.05, 0.1) is 0 Å². The van der Waals surface area contributed by atoms with Gasteiger partial charge in [-0.1, -0.05) is 0 Å². The zero-order valence-corrected chi connectivity index (χ0v) is 7.39. The summed E-state index contributed by atoms with van der Waals surface area (Å²) >= 11 is 0. The molecule has 64 valence electrons. The van der Waals surface area contributed by atoms with Gasteiger partial charge in [-0.3, -0.25) is 4.79 Å². The van der Waals surface area contributed by atoms with E-state index in [0.29, 0.717) is 6.54 Å². The van der Waals surface area contributed by atoms with Gasteiger partial charge in [0.2, 0.25) is 0 Å². The third kappa shape index (κ3) is 1.30. The predicted octanol–water partition coefficient (Wildman–Crippen LogP) is -0.0431. The van der Waals surface area contributed by atoms with Crippen LogP contribution in [0.5, 0.6) is 0 Å². The first-order chi connectivity index (χ1) is 4.96. The van der Waals surface area contributed by atoms with Crippen LogP contribution in [0, 0.1) is 0 Å². The Kier molecular flexibility index (Phi) is 2.02. The smallest absolute Gasteiger partial charge is 0.277 e. The average molecular weight is 177 g/mol. The molecular weight excluding hydrogens is 166 g/mol. The molecule has 0 aliphatic carbocycles. The summed E-state index contributed by atoms with van der Waals surface area (Å²) in [6.07, 6.45) is 0.139. The van der Waals surface area contributed by atoms with E-state index in [1.807, 2.05) is 0 Å². The maximum Gasteiger partial charge on any atom is 0.277 e. The molecule has 1 aliphatic heterocycles. The summed E-state index contributed by atoms with van der Waals surface area (Å²) in [6.45, 7) is 3.87. The van der Waals surface area contributed by atoms with E-state index in [2.05, 4.69) is 0 Å². The fourth-order valence-corrected chi connectivity index (χ4v) is 2.61. The molecule has 0 N–H and O–H groups in total. The minimum absolute atomic E-state index is 0.105. The lowest BCUT2D eigenvalue weighted by molar-refractivity contribution is -0.111. The largest absolute Gasteiger partial charge is 0.280 e. The maximum absolute atomic E-state index is 11.1. The van der Waals surface area contributed by atoms with Crippen LogP contribution in [0.1, 0.15) is 20.3 Å². The Morgan fingerprint density at radius 2 is 2.00 bits per heavy atom. The highest BCUT2D eigenvalue weighted by atomic mass is 32.2. The standard InChI is InChI=1S/C6H11NO3S/c1-5(2)7-4-3-6(8)11(7,9)10/h5H,3-4H2,1-2H3. The lowest BCUT2D eigenvalue weighted by atomic mass is 10.4. The lowest BCUT2D eigenvalue weighted by Crippen LogP contribution is -2.33. The third-order valence-corrected chi connectivity index (χ3v) is 3.71. The number of sulfonamides is 1. The second-order valence-electron chi connectivity index (χ2n) is 2.83. The molecule has 11 heavy (non-hydrogen) atoms. The Morgan fingerprint density at radius 1 is 1.45 bits per heavy atom. The van der Waals surface area contributed by atoms with Crippen molar-refractivity contribution in [3.05, 3.63) is 0 Å². The molecule has 0 bridgehead atoms. The van der Waals surface area contributed by atoms with E-state index in [4.69, 9.17) is 0 Å². The fraction of sp³-hybridized carbons (Fsp3) is 0.833. The van der Waals surface area contributed by atoms with E-state index < -0.39 is 15.1 Å². The second kappa shape index (κ2) is 2.57. The van der Waals surface area contributed by atoms with Crippen molar-refractivity contribution in [2.45, 2.75) is 26.3 Å². The number of rotatable bonds is 1. The van der Waals surface area contributed by atoms with Crippen LogP contribution in [0.25, 0.3) is 0 Å². The van der Waals surface area contributed by atoms with Crippen LogP contribution in [0.2, 0.25) is 0 Å². The molecule has 1 rings (SSSR count). The Morgan fingerprint density at radius 3 is 2.18 bits per heavy atom. The molecule has 1 saturated heterocycles. The van der Waals surface area contributed by atoms with E-state index in [0.717, 1.165) is 0 Å². The first-order valence-corrected chi connectivity index (χ1v) is 4.95. The molecule has 0 aromatic rings. The molecule has 4 nitrogen and oxygen atoms in total. The van der Waals surface area contributed by atoms with Crippen molar-refractivity contribution in [3.8, 4) is 0 Å². The molecule has 0 unspecified atom stereocenters. The number of carbonyl (C=O) groups excluding carboxylic acids is 1. The monoisotopic (exact) mass is 177 g/mol. The molecule has 0 aromatic carbocycles. The molecule has 1 fully saturated rings. The van der Waals surface area contributed by atoms with Crippen LogP contribution in [0.4, 0.5) is 0 Å². The van der Waals surface area contributed by atoms with Crippen molar-refractivity contribution in [2.24, 2.45) is 0 Å². The average Bonchev–Trinajstić information content (AvgIpc) is 2.08. The van der Waals surface area contributed by atoms with E-state index in [1.54, 1.807) is 13.8 Å². The topological polar surface area (TPSA) is 54.5 Å². The van der Waals surface area contributed by atoms with Crippen molar-refractivity contribution in [1.29, 1.82) is 0 Å². The third-order valence-electron chi connectivity index (χ3n) is 1.71. The summed E-state index contributed by atoms with van der Waals surface area (Å²) in [5.74, 6) is 0. The van der Waals surface area contributed by atoms with Crippen LogP contribution in [0.3, 0.4) is 0 Å². The molecule has 0 spiro atoms.